The molecule has 0 unspecified atom stereocenters. The lowest BCUT2D eigenvalue weighted by atomic mass is 9.65. The van der Waals surface area contributed by atoms with Crippen LogP contribution in [-0.4, -0.2) is 37.8 Å². The Morgan fingerprint density at radius 3 is 2.28 bits per heavy atom. The SMILES string of the molecule is CC1(C)C=C2[C@@H](C1)[C@H](O[Si](C)(C)C(C)(C)C)[C@]1(C)C[C@]1(CO)[C@H]2CO. The van der Waals surface area contributed by atoms with Gasteiger partial charge in [0.1, 0.15) is 0 Å². The second kappa shape index (κ2) is 5.43. The molecule has 144 valence electrons. The van der Waals surface area contributed by atoms with Gasteiger partial charge in [-0.3, -0.25) is 0 Å². The van der Waals surface area contributed by atoms with Gasteiger partial charge in [0.05, 0.1) is 12.7 Å². The summed E-state index contributed by atoms with van der Waals surface area (Å²) in [6.45, 7) is 18.7. The summed E-state index contributed by atoms with van der Waals surface area (Å²) in [4.78, 5) is 0. The maximum absolute atomic E-state index is 10.3. The molecule has 3 aliphatic carbocycles. The molecular weight excluding hydrogens is 328 g/mol. The molecule has 0 bridgehead atoms. The van der Waals surface area contributed by atoms with Crippen molar-refractivity contribution in [2.24, 2.45) is 28.1 Å². The predicted molar refractivity (Wildman–Crippen MR) is 105 cm³/mol. The lowest BCUT2D eigenvalue weighted by Crippen LogP contribution is -2.53. The van der Waals surface area contributed by atoms with Crippen molar-refractivity contribution in [2.45, 2.75) is 78.6 Å². The van der Waals surface area contributed by atoms with E-state index in [-0.39, 0.29) is 46.5 Å². The Bertz CT molecular complexity index is 588. The highest BCUT2D eigenvalue weighted by atomic mass is 28.4. The summed E-state index contributed by atoms with van der Waals surface area (Å²) < 4.78 is 7.03. The fraction of sp³-hybridized carbons (Fsp3) is 0.905. The molecule has 2 fully saturated rings. The smallest absolute Gasteiger partial charge is 0.192 e. The first-order valence-electron chi connectivity index (χ1n) is 9.87. The number of fused-ring (bicyclic) bond motifs is 2. The number of hydrogen-bond donors (Lipinski definition) is 2. The maximum Gasteiger partial charge on any atom is 0.192 e. The summed E-state index contributed by atoms with van der Waals surface area (Å²) in [7, 11) is -1.91. The molecule has 4 heteroatoms. The molecular formula is C21H38O3Si. The molecule has 0 amide bonds. The minimum absolute atomic E-state index is 0.0207. The molecule has 25 heavy (non-hydrogen) atoms. The Labute approximate surface area is 155 Å². The molecule has 0 heterocycles. The third kappa shape index (κ3) is 2.62. The van der Waals surface area contributed by atoms with Gasteiger partial charge in [-0.25, -0.2) is 0 Å². The normalized spacial score (nSPS) is 42.6. The van der Waals surface area contributed by atoms with Crippen molar-refractivity contribution in [1.29, 1.82) is 0 Å². The van der Waals surface area contributed by atoms with E-state index in [2.05, 4.69) is 60.7 Å². The van der Waals surface area contributed by atoms with E-state index >= 15 is 0 Å². The zero-order valence-electron chi connectivity index (χ0n) is 17.4. The molecule has 0 radical (unpaired) electrons. The average molecular weight is 367 g/mol. The second-order valence-corrected chi connectivity index (χ2v) is 16.1. The van der Waals surface area contributed by atoms with Gasteiger partial charge in [-0.15, -0.1) is 0 Å². The Kier molecular flexibility index (Phi) is 4.26. The average Bonchev–Trinajstić information content (AvgIpc) is 2.96. The predicted octanol–water partition coefficient (Wildman–Crippen LogP) is 4.36. The monoisotopic (exact) mass is 366 g/mol. The van der Waals surface area contributed by atoms with Gasteiger partial charge in [0.15, 0.2) is 8.32 Å². The van der Waals surface area contributed by atoms with Crippen molar-refractivity contribution in [3.8, 4) is 0 Å². The summed E-state index contributed by atoms with van der Waals surface area (Å²) >= 11 is 0. The largest absolute Gasteiger partial charge is 0.413 e. The summed E-state index contributed by atoms with van der Waals surface area (Å²) in [5.74, 6) is 0.474. The first kappa shape index (κ1) is 19.6. The highest BCUT2D eigenvalue weighted by Gasteiger charge is 2.76. The molecule has 0 aromatic heterocycles. The van der Waals surface area contributed by atoms with Crippen LogP contribution in [0.15, 0.2) is 11.6 Å². The standard InChI is InChI=1S/C21H38O3Si/c1-18(2,3)25(7,8)24-17-15-10-19(4,5)9-14(15)16(11-22)21(13-23)12-20(17,21)6/h9,15-17,22-23H,10-13H2,1-8H3/t15-,16+,17+,20+,21+/m1/s1. The molecule has 3 nitrogen and oxygen atoms in total. The highest BCUT2D eigenvalue weighted by Crippen LogP contribution is 2.77. The number of rotatable bonds is 4. The van der Waals surface area contributed by atoms with E-state index in [1.165, 1.54) is 5.57 Å². The summed E-state index contributed by atoms with van der Waals surface area (Å²) in [6, 6.07) is 0. The van der Waals surface area contributed by atoms with Crippen LogP contribution in [-0.2, 0) is 4.43 Å². The number of aliphatic hydroxyl groups is 2. The van der Waals surface area contributed by atoms with Crippen LogP contribution in [0.5, 0.6) is 0 Å². The summed E-state index contributed by atoms with van der Waals surface area (Å²) in [5, 5.41) is 20.7. The van der Waals surface area contributed by atoms with E-state index in [1.54, 1.807) is 0 Å². The van der Waals surface area contributed by atoms with E-state index in [9.17, 15) is 10.2 Å². The Morgan fingerprint density at radius 2 is 1.80 bits per heavy atom. The second-order valence-electron chi connectivity index (χ2n) is 11.4. The molecule has 2 saturated carbocycles. The zero-order chi connectivity index (χ0) is 19.1. The van der Waals surface area contributed by atoms with Crippen LogP contribution >= 0.6 is 0 Å². The Morgan fingerprint density at radius 1 is 1.20 bits per heavy atom. The van der Waals surface area contributed by atoms with Crippen LogP contribution in [0.4, 0.5) is 0 Å². The zero-order valence-corrected chi connectivity index (χ0v) is 18.4. The molecule has 0 saturated heterocycles. The Hall–Kier alpha value is -0.163. The van der Waals surface area contributed by atoms with Crippen molar-refractivity contribution >= 4 is 8.32 Å². The van der Waals surface area contributed by atoms with E-state index < -0.39 is 8.32 Å². The molecule has 2 N–H and O–H groups in total. The van der Waals surface area contributed by atoms with E-state index in [4.69, 9.17) is 4.43 Å². The number of hydrogen-bond acceptors (Lipinski definition) is 3. The van der Waals surface area contributed by atoms with Gasteiger partial charge in [0, 0.05) is 29.3 Å². The minimum atomic E-state index is -1.91. The molecule has 0 aliphatic heterocycles. The molecule has 0 aromatic carbocycles. The van der Waals surface area contributed by atoms with Gasteiger partial charge in [-0.1, -0.05) is 53.2 Å². The third-order valence-electron chi connectivity index (χ3n) is 8.18. The van der Waals surface area contributed by atoms with E-state index in [0.717, 1.165) is 12.8 Å². The summed E-state index contributed by atoms with van der Waals surface area (Å²) in [5.41, 5.74) is 1.29. The quantitative estimate of drug-likeness (QED) is 0.574. The maximum atomic E-state index is 10.3. The van der Waals surface area contributed by atoms with Crippen LogP contribution in [0.25, 0.3) is 0 Å². The van der Waals surface area contributed by atoms with Gasteiger partial charge in [-0.2, -0.15) is 0 Å². The Balaban J connectivity index is 2.03. The van der Waals surface area contributed by atoms with E-state index in [0.29, 0.717) is 5.92 Å². The lowest BCUT2D eigenvalue weighted by Gasteiger charge is -2.49. The van der Waals surface area contributed by atoms with Crippen LogP contribution in [0.3, 0.4) is 0 Å². The van der Waals surface area contributed by atoms with Gasteiger partial charge in [-0.05, 0) is 36.4 Å². The topological polar surface area (TPSA) is 49.7 Å². The molecule has 0 aromatic rings. The van der Waals surface area contributed by atoms with Crippen molar-refractivity contribution in [3.63, 3.8) is 0 Å². The van der Waals surface area contributed by atoms with Gasteiger partial charge < -0.3 is 14.6 Å². The fourth-order valence-corrected chi connectivity index (χ4v) is 6.97. The van der Waals surface area contributed by atoms with Gasteiger partial charge in [0.25, 0.3) is 0 Å². The molecule has 0 spiro atoms. The summed E-state index contributed by atoms with van der Waals surface area (Å²) in [6.07, 6.45) is 4.61. The van der Waals surface area contributed by atoms with Crippen LogP contribution in [0.1, 0.15) is 54.4 Å². The third-order valence-corrected chi connectivity index (χ3v) is 12.6. The van der Waals surface area contributed by atoms with Crippen LogP contribution in [0.2, 0.25) is 18.1 Å². The van der Waals surface area contributed by atoms with Crippen molar-refractivity contribution < 1.29 is 14.6 Å². The highest BCUT2D eigenvalue weighted by molar-refractivity contribution is 6.74. The molecule has 3 aliphatic rings. The first-order valence-corrected chi connectivity index (χ1v) is 12.8. The van der Waals surface area contributed by atoms with Crippen LogP contribution in [0, 0.1) is 28.1 Å². The molecule has 3 rings (SSSR count). The lowest BCUT2D eigenvalue weighted by molar-refractivity contribution is -0.0257. The van der Waals surface area contributed by atoms with Crippen molar-refractivity contribution in [1.82, 2.24) is 0 Å². The van der Waals surface area contributed by atoms with E-state index in [1.807, 2.05) is 0 Å². The minimum Gasteiger partial charge on any atom is -0.413 e. The molecule has 5 atom stereocenters. The first-order chi connectivity index (χ1) is 11.2. The number of allylic oxidation sites excluding steroid dienone is 1. The van der Waals surface area contributed by atoms with Crippen molar-refractivity contribution in [3.05, 3.63) is 11.6 Å². The van der Waals surface area contributed by atoms with Gasteiger partial charge >= 0.3 is 0 Å². The van der Waals surface area contributed by atoms with Crippen molar-refractivity contribution in [2.75, 3.05) is 13.2 Å². The fourth-order valence-electron chi connectivity index (χ4n) is 5.56. The van der Waals surface area contributed by atoms with Gasteiger partial charge in [0.2, 0.25) is 0 Å². The number of aliphatic hydroxyl groups excluding tert-OH is 2. The van der Waals surface area contributed by atoms with Crippen LogP contribution < -0.4 is 0 Å².